The summed E-state index contributed by atoms with van der Waals surface area (Å²) in [5, 5.41) is 1.30. The van der Waals surface area contributed by atoms with Crippen LogP contribution in [0.3, 0.4) is 0 Å². The Morgan fingerprint density at radius 2 is 1.69 bits per heavy atom. The van der Waals surface area contributed by atoms with Gasteiger partial charge in [-0.2, -0.15) is 12.6 Å². The fourth-order valence-corrected chi connectivity index (χ4v) is 5.91. The molecule has 3 heterocycles. The Hall–Kier alpha value is -1.46. The number of benzene rings is 1. The third-order valence-electron chi connectivity index (χ3n) is 6.24. The van der Waals surface area contributed by atoms with Crippen molar-refractivity contribution in [2.45, 2.75) is 47.0 Å². The molecule has 0 N–H and O–H groups in total. The molecule has 154 valence electrons. The lowest BCUT2D eigenvalue weighted by atomic mass is 9.94. The van der Waals surface area contributed by atoms with Gasteiger partial charge in [0.15, 0.2) is 0 Å². The van der Waals surface area contributed by atoms with Crippen LogP contribution in [0.25, 0.3) is 16.7 Å². The number of aromatic nitrogens is 2. The average molecular weight is 472 g/mol. The Labute approximate surface area is 188 Å². The van der Waals surface area contributed by atoms with Gasteiger partial charge in [0.2, 0.25) is 0 Å². The largest absolute Gasteiger partial charge is 0.371 e. The topological polar surface area (TPSA) is 21.1 Å². The first-order valence-electron chi connectivity index (χ1n) is 10.5. The lowest BCUT2D eigenvalue weighted by Gasteiger charge is -2.34. The predicted octanol–water partition coefficient (Wildman–Crippen LogP) is 6.56. The molecule has 1 saturated heterocycles. The minimum Gasteiger partial charge on any atom is -0.371 e. The van der Waals surface area contributed by atoms with Crippen molar-refractivity contribution < 1.29 is 0 Å². The first-order chi connectivity index (χ1) is 13.9. The van der Waals surface area contributed by atoms with Crippen molar-refractivity contribution in [3.8, 4) is 5.69 Å². The van der Waals surface area contributed by atoms with Gasteiger partial charge in [-0.25, -0.2) is 4.98 Å². The highest BCUT2D eigenvalue weighted by atomic mass is 79.9. The number of pyridine rings is 1. The van der Waals surface area contributed by atoms with Gasteiger partial charge in [0.05, 0.1) is 5.69 Å². The normalized spacial score (nSPS) is 15.4. The van der Waals surface area contributed by atoms with Gasteiger partial charge in [0.25, 0.3) is 0 Å². The van der Waals surface area contributed by atoms with Crippen LogP contribution in [-0.4, -0.2) is 28.4 Å². The molecule has 4 rings (SSSR count). The molecule has 0 bridgehead atoms. The number of hydrogen-bond acceptors (Lipinski definition) is 3. The molecule has 3 aromatic rings. The molecule has 0 saturated carbocycles. The summed E-state index contributed by atoms with van der Waals surface area (Å²) in [6.45, 7) is 10.9. The van der Waals surface area contributed by atoms with Crippen LogP contribution in [0.5, 0.6) is 0 Å². The fraction of sp³-hybridized carbons (Fsp3) is 0.458. The Morgan fingerprint density at radius 3 is 2.31 bits per heavy atom. The second-order valence-corrected chi connectivity index (χ2v) is 9.86. The van der Waals surface area contributed by atoms with Gasteiger partial charge >= 0.3 is 0 Å². The Balaban J connectivity index is 1.82. The quantitative estimate of drug-likeness (QED) is 0.435. The third kappa shape index (κ3) is 3.96. The van der Waals surface area contributed by atoms with E-state index in [1.54, 1.807) is 0 Å². The third-order valence-corrected chi connectivity index (χ3v) is 6.96. The van der Waals surface area contributed by atoms with Crippen molar-refractivity contribution in [3.05, 3.63) is 51.3 Å². The van der Waals surface area contributed by atoms with Crippen LogP contribution in [0.1, 0.15) is 41.6 Å². The van der Waals surface area contributed by atoms with Crippen LogP contribution in [0, 0.1) is 33.6 Å². The molecule has 1 aliphatic heterocycles. The fourth-order valence-electron chi connectivity index (χ4n) is 4.86. The van der Waals surface area contributed by atoms with E-state index in [1.165, 1.54) is 52.7 Å². The van der Waals surface area contributed by atoms with E-state index in [9.17, 15) is 0 Å². The molecular formula is C24H30BrN3S. The van der Waals surface area contributed by atoms with Crippen LogP contribution in [0.15, 0.2) is 28.9 Å². The van der Waals surface area contributed by atoms with Crippen LogP contribution in [0.4, 0.5) is 5.69 Å². The number of anilines is 1. The van der Waals surface area contributed by atoms with Crippen LogP contribution >= 0.6 is 28.6 Å². The monoisotopic (exact) mass is 471 g/mol. The summed E-state index contributed by atoms with van der Waals surface area (Å²) in [4.78, 5) is 7.57. The maximum atomic E-state index is 4.99. The molecule has 1 aromatic carbocycles. The lowest BCUT2D eigenvalue weighted by Crippen LogP contribution is -2.34. The molecular weight excluding hydrogens is 442 g/mol. The van der Waals surface area contributed by atoms with E-state index in [0.29, 0.717) is 0 Å². The zero-order chi connectivity index (χ0) is 20.7. The van der Waals surface area contributed by atoms with Crippen molar-refractivity contribution in [3.63, 3.8) is 0 Å². The number of piperidine rings is 1. The Bertz CT molecular complexity index is 1020. The standard InChI is InChI=1S/C24H30BrN3S/c1-15-11-20(25)12-16(2)23(15)28-14-17(3)22-21(13-18(4)26-24(22)28)27-8-5-19(6-9-27)7-10-29/h11-14,19,29H,5-10H2,1-4H3. The Kier molecular flexibility index (Phi) is 5.99. The van der Waals surface area contributed by atoms with E-state index in [-0.39, 0.29) is 0 Å². The summed E-state index contributed by atoms with van der Waals surface area (Å²) in [7, 11) is 0. The van der Waals surface area contributed by atoms with Gasteiger partial charge < -0.3 is 9.47 Å². The zero-order valence-electron chi connectivity index (χ0n) is 17.8. The number of aryl methyl sites for hydroxylation is 4. The Morgan fingerprint density at radius 1 is 1.03 bits per heavy atom. The number of thiol groups is 1. The van der Waals surface area contributed by atoms with Gasteiger partial charge in [-0.1, -0.05) is 15.9 Å². The highest BCUT2D eigenvalue weighted by Crippen LogP contribution is 2.36. The van der Waals surface area contributed by atoms with Crippen molar-refractivity contribution in [1.29, 1.82) is 0 Å². The van der Waals surface area contributed by atoms with Gasteiger partial charge in [-0.05, 0) is 93.5 Å². The van der Waals surface area contributed by atoms with Gasteiger partial charge in [-0.3, -0.25) is 0 Å². The summed E-state index contributed by atoms with van der Waals surface area (Å²) in [5.74, 6) is 1.82. The highest BCUT2D eigenvalue weighted by molar-refractivity contribution is 9.10. The molecule has 0 unspecified atom stereocenters. The van der Waals surface area contributed by atoms with E-state index in [4.69, 9.17) is 4.98 Å². The molecule has 2 aromatic heterocycles. The molecule has 0 spiro atoms. The van der Waals surface area contributed by atoms with Gasteiger partial charge in [0, 0.05) is 40.5 Å². The SMILES string of the molecule is Cc1cc(N2CCC(CCS)CC2)c2c(C)cn(-c3c(C)cc(Br)cc3C)c2n1. The number of rotatable bonds is 4. The molecule has 0 atom stereocenters. The number of fused-ring (bicyclic) bond motifs is 1. The molecule has 29 heavy (non-hydrogen) atoms. The number of halogens is 1. The van der Waals surface area contributed by atoms with Crippen molar-refractivity contribution >= 4 is 45.3 Å². The van der Waals surface area contributed by atoms with E-state index < -0.39 is 0 Å². The molecule has 0 aliphatic carbocycles. The minimum atomic E-state index is 0.820. The molecule has 1 fully saturated rings. The van der Waals surface area contributed by atoms with Crippen LogP contribution < -0.4 is 4.90 Å². The summed E-state index contributed by atoms with van der Waals surface area (Å²) in [6.07, 6.45) is 6.01. The first kappa shape index (κ1) is 20.8. The van der Waals surface area contributed by atoms with E-state index >= 15 is 0 Å². The van der Waals surface area contributed by atoms with Gasteiger partial charge in [-0.15, -0.1) is 0 Å². The maximum absolute atomic E-state index is 4.99. The van der Waals surface area contributed by atoms with E-state index in [1.807, 2.05) is 0 Å². The minimum absolute atomic E-state index is 0.820. The second-order valence-electron chi connectivity index (χ2n) is 8.49. The molecule has 3 nitrogen and oxygen atoms in total. The average Bonchev–Trinajstić information content (AvgIpc) is 2.97. The van der Waals surface area contributed by atoms with Crippen LogP contribution in [-0.2, 0) is 0 Å². The second kappa shape index (κ2) is 8.35. The smallest absolute Gasteiger partial charge is 0.147 e. The van der Waals surface area contributed by atoms with E-state index in [2.05, 4.69) is 90.1 Å². The zero-order valence-corrected chi connectivity index (χ0v) is 20.3. The molecule has 5 heteroatoms. The highest BCUT2D eigenvalue weighted by Gasteiger charge is 2.23. The van der Waals surface area contributed by atoms with Gasteiger partial charge in [0.1, 0.15) is 5.65 Å². The summed E-state index contributed by atoms with van der Waals surface area (Å²) >= 11 is 8.06. The summed E-state index contributed by atoms with van der Waals surface area (Å²) in [5.41, 5.74) is 8.54. The van der Waals surface area contributed by atoms with E-state index in [0.717, 1.165) is 40.6 Å². The maximum Gasteiger partial charge on any atom is 0.147 e. The van der Waals surface area contributed by atoms with Crippen molar-refractivity contribution in [1.82, 2.24) is 9.55 Å². The summed E-state index contributed by atoms with van der Waals surface area (Å²) in [6, 6.07) is 6.65. The predicted molar refractivity (Wildman–Crippen MR) is 131 cm³/mol. The molecule has 1 aliphatic rings. The van der Waals surface area contributed by atoms with Crippen molar-refractivity contribution in [2.75, 3.05) is 23.7 Å². The number of nitrogens with zero attached hydrogens (tertiary/aromatic N) is 3. The van der Waals surface area contributed by atoms with Crippen molar-refractivity contribution in [2.24, 2.45) is 5.92 Å². The number of hydrogen-bond donors (Lipinski definition) is 1. The van der Waals surface area contributed by atoms with Crippen LogP contribution in [0.2, 0.25) is 0 Å². The first-order valence-corrected chi connectivity index (χ1v) is 11.9. The lowest BCUT2D eigenvalue weighted by molar-refractivity contribution is 0.398. The molecule has 0 radical (unpaired) electrons. The molecule has 0 amide bonds. The summed E-state index contributed by atoms with van der Waals surface area (Å²) < 4.78 is 3.42.